The number of halogens is 4. The molecule has 7 heteroatoms. The molecule has 2 rings (SSSR count). The highest BCUT2D eigenvalue weighted by atomic mass is 19.5. The van der Waals surface area contributed by atoms with Gasteiger partial charge in [-0.15, -0.1) is 0 Å². The summed E-state index contributed by atoms with van der Waals surface area (Å²) in [5.74, 6) is 0. The zero-order valence-electron chi connectivity index (χ0n) is 10.3. The number of rotatable bonds is 2. The molecular formula is C12H13BF4N2. The normalized spacial score (nSPS) is 11.2. The first-order valence-corrected chi connectivity index (χ1v) is 5.48. The molecule has 19 heavy (non-hydrogen) atoms. The second-order valence-corrected chi connectivity index (χ2v) is 3.75. The van der Waals surface area contributed by atoms with Crippen molar-refractivity contribution in [1.82, 2.24) is 4.57 Å². The van der Waals surface area contributed by atoms with Gasteiger partial charge in [-0.05, 0) is 11.6 Å². The lowest BCUT2D eigenvalue weighted by Crippen LogP contribution is -2.23. The van der Waals surface area contributed by atoms with Crippen LogP contribution in [0.3, 0.4) is 0 Å². The zero-order valence-corrected chi connectivity index (χ0v) is 10.3. The SMILES string of the molecule is C[n+]1ccn(C=Cc2ccccc2)c1.F[B-](F)(F)F. The molecule has 2 aromatic rings. The van der Waals surface area contributed by atoms with E-state index in [1.54, 1.807) is 0 Å². The van der Waals surface area contributed by atoms with Crippen molar-refractivity contribution < 1.29 is 21.8 Å². The average Bonchev–Trinajstić information content (AvgIpc) is 2.72. The molecule has 0 fully saturated rings. The molecule has 1 aromatic heterocycles. The summed E-state index contributed by atoms with van der Waals surface area (Å²) >= 11 is 0. The van der Waals surface area contributed by atoms with Gasteiger partial charge in [-0.2, -0.15) is 0 Å². The van der Waals surface area contributed by atoms with Crippen LogP contribution in [0, 0.1) is 0 Å². The Hall–Kier alpha value is -2.05. The molecule has 0 unspecified atom stereocenters. The molecule has 0 aliphatic carbocycles. The summed E-state index contributed by atoms with van der Waals surface area (Å²) in [6.45, 7) is 0. The summed E-state index contributed by atoms with van der Waals surface area (Å²) in [5.41, 5.74) is 1.21. The first-order valence-electron chi connectivity index (χ1n) is 5.48. The van der Waals surface area contributed by atoms with Gasteiger partial charge in [-0.1, -0.05) is 30.3 Å². The Morgan fingerprint density at radius 1 is 1.11 bits per heavy atom. The van der Waals surface area contributed by atoms with Crippen LogP contribution in [0.15, 0.2) is 49.1 Å². The van der Waals surface area contributed by atoms with E-state index in [4.69, 9.17) is 0 Å². The van der Waals surface area contributed by atoms with E-state index in [2.05, 4.69) is 18.2 Å². The van der Waals surface area contributed by atoms with E-state index in [0.717, 1.165) is 0 Å². The van der Waals surface area contributed by atoms with Crippen LogP contribution < -0.4 is 4.57 Å². The van der Waals surface area contributed by atoms with E-state index in [-0.39, 0.29) is 0 Å². The molecule has 1 aromatic carbocycles. The van der Waals surface area contributed by atoms with Gasteiger partial charge in [-0.3, -0.25) is 0 Å². The number of hydrogen-bond acceptors (Lipinski definition) is 0. The summed E-state index contributed by atoms with van der Waals surface area (Å²) in [6, 6.07) is 10.3. The van der Waals surface area contributed by atoms with E-state index in [1.807, 2.05) is 59.3 Å². The van der Waals surface area contributed by atoms with Crippen molar-refractivity contribution in [2.75, 3.05) is 0 Å². The van der Waals surface area contributed by atoms with Crippen molar-refractivity contribution in [2.24, 2.45) is 7.05 Å². The van der Waals surface area contributed by atoms with Gasteiger partial charge in [-0.25, -0.2) is 9.13 Å². The first kappa shape index (κ1) is 15.0. The lowest BCUT2D eigenvalue weighted by Gasteiger charge is -1.94. The van der Waals surface area contributed by atoms with Crippen molar-refractivity contribution >= 4 is 19.5 Å². The first-order chi connectivity index (χ1) is 8.84. The monoisotopic (exact) mass is 272 g/mol. The van der Waals surface area contributed by atoms with Crippen molar-refractivity contribution in [2.45, 2.75) is 0 Å². The van der Waals surface area contributed by atoms with Crippen LogP contribution in [0.4, 0.5) is 17.3 Å². The largest absolute Gasteiger partial charge is 0.673 e. The quantitative estimate of drug-likeness (QED) is 0.451. The minimum absolute atomic E-state index is 1.21. The van der Waals surface area contributed by atoms with Crippen LogP contribution in [0.2, 0.25) is 0 Å². The Kier molecular flexibility index (Phi) is 5.35. The summed E-state index contributed by atoms with van der Waals surface area (Å²) in [5, 5.41) is 0. The third kappa shape index (κ3) is 7.80. The molecule has 0 atom stereocenters. The minimum Gasteiger partial charge on any atom is -0.418 e. The Morgan fingerprint density at radius 3 is 2.16 bits per heavy atom. The fourth-order valence-corrected chi connectivity index (χ4v) is 1.29. The zero-order chi connectivity index (χ0) is 14.3. The number of nitrogens with zero attached hydrogens (tertiary/aromatic N) is 2. The molecule has 102 valence electrons. The van der Waals surface area contributed by atoms with Gasteiger partial charge in [0.1, 0.15) is 12.4 Å². The standard InChI is InChI=1S/C12H13N2.BF4/c1-13-9-10-14(11-13)8-7-12-5-3-2-4-6-12;2-1(3,4)5/h2-11H,1H3;/q+1;-1. The fraction of sp³-hybridized carbons (Fsp3) is 0.0833. The van der Waals surface area contributed by atoms with E-state index in [9.17, 15) is 17.3 Å². The Labute approximate surface area is 108 Å². The predicted octanol–water partition coefficient (Wildman–Crippen LogP) is 3.24. The van der Waals surface area contributed by atoms with Crippen molar-refractivity contribution in [3.63, 3.8) is 0 Å². The van der Waals surface area contributed by atoms with Crippen LogP contribution in [-0.2, 0) is 7.05 Å². The molecule has 0 saturated heterocycles. The van der Waals surface area contributed by atoms with E-state index in [0.29, 0.717) is 0 Å². The minimum atomic E-state index is -6.00. The van der Waals surface area contributed by atoms with Gasteiger partial charge >= 0.3 is 7.25 Å². The van der Waals surface area contributed by atoms with Crippen LogP contribution in [0.5, 0.6) is 0 Å². The lowest BCUT2D eigenvalue weighted by atomic mass is 10.2. The van der Waals surface area contributed by atoms with E-state index < -0.39 is 7.25 Å². The predicted molar refractivity (Wildman–Crippen MR) is 67.5 cm³/mol. The molecule has 0 spiro atoms. The third-order valence-corrected chi connectivity index (χ3v) is 2.03. The number of benzene rings is 1. The van der Waals surface area contributed by atoms with Gasteiger partial charge in [0.2, 0.25) is 6.33 Å². The average molecular weight is 272 g/mol. The van der Waals surface area contributed by atoms with Gasteiger partial charge in [0.25, 0.3) is 0 Å². The van der Waals surface area contributed by atoms with Crippen molar-refractivity contribution in [1.29, 1.82) is 0 Å². The maximum absolute atomic E-state index is 9.75. The van der Waals surface area contributed by atoms with E-state index in [1.165, 1.54) is 5.56 Å². The number of aryl methyl sites for hydroxylation is 1. The summed E-state index contributed by atoms with van der Waals surface area (Å²) < 4.78 is 43.0. The fourth-order valence-electron chi connectivity index (χ4n) is 1.29. The summed E-state index contributed by atoms with van der Waals surface area (Å²) in [4.78, 5) is 0. The van der Waals surface area contributed by atoms with E-state index >= 15 is 0 Å². The molecule has 0 radical (unpaired) electrons. The van der Waals surface area contributed by atoms with Gasteiger partial charge < -0.3 is 17.3 Å². The van der Waals surface area contributed by atoms with Gasteiger partial charge in [0, 0.05) is 0 Å². The maximum Gasteiger partial charge on any atom is 0.673 e. The second kappa shape index (κ2) is 6.77. The smallest absolute Gasteiger partial charge is 0.418 e. The topological polar surface area (TPSA) is 8.81 Å². The van der Waals surface area contributed by atoms with Crippen LogP contribution in [0.25, 0.3) is 12.3 Å². The van der Waals surface area contributed by atoms with Crippen molar-refractivity contribution in [3.8, 4) is 0 Å². The number of aromatic nitrogens is 2. The molecule has 0 amide bonds. The van der Waals surface area contributed by atoms with Crippen LogP contribution in [0.1, 0.15) is 5.56 Å². The summed E-state index contributed by atoms with van der Waals surface area (Å²) in [7, 11) is -3.99. The number of hydrogen-bond donors (Lipinski definition) is 0. The Morgan fingerprint density at radius 2 is 1.68 bits per heavy atom. The van der Waals surface area contributed by atoms with Crippen molar-refractivity contribution in [3.05, 3.63) is 54.6 Å². The maximum atomic E-state index is 9.75. The highest BCUT2D eigenvalue weighted by Gasteiger charge is 2.20. The highest BCUT2D eigenvalue weighted by molar-refractivity contribution is 6.50. The summed E-state index contributed by atoms with van der Waals surface area (Å²) in [6.07, 6.45) is 10.2. The van der Waals surface area contributed by atoms with Gasteiger partial charge in [0.15, 0.2) is 0 Å². The molecule has 0 bridgehead atoms. The molecule has 0 aliphatic rings. The molecule has 2 nitrogen and oxygen atoms in total. The Balaban J connectivity index is 0.000000312. The third-order valence-electron chi connectivity index (χ3n) is 2.03. The molecule has 0 N–H and O–H groups in total. The molecule has 0 saturated carbocycles. The second-order valence-electron chi connectivity index (χ2n) is 3.75. The van der Waals surface area contributed by atoms with Crippen LogP contribution in [-0.4, -0.2) is 11.8 Å². The highest BCUT2D eigenvalue weighted by Crippen LogP contribution is 2.06. The number of imidazole rings is 1. The van der Waals surface area contributed by atoms with Crippen LogP contribution >= 0.6 is 0 Å². The van der Waals surface area contributed by atoms with Gasteiger partial charge in [0.05, 0.1) is 13.2 Å². The Bertz CT molecular complexity index is 514. The lowest BCUT2D eigenvalue weighted by molar-refractivity contribution is -0.670. The molecular weight excluding hydrogens is 259 g/mol. The molecule has 1 heterocycles. The molecule has 0 aliphatic heterocycles.